The minimum absolute atomic E-state index is 0.123. The predicted molar refractivity (Wildman–Crippen MR) is 150 cm³/mol. The second-order valence-corrected chi connectivity index (χ2v) is 9.78. The van der Waals surface area contributed by atoms with E-state index >= 15 is 0 Å². The SMILES string of the molecule is C#CCOc1ccc(CN(CCCCCC(=O)O)Cc2nccn2CC(=O)N(CC(N)=O)CC(=O)OC(C)C)cc1. The van der Waals surface area contributed by atoms with Crippen LogP contribution >= 0.6 is 0 Å². The fourth-order valence-electron chi connectivity index (χ4n) is 4.03. The molecule has 0 radical (unpaired) electrons. The number of unbranched alkanes of at least 4 members (excludes halogenated alkanes) is 2. The van der Waals surface area contributed by atoms with E-state index in [2.05, 4.69) is 15.8 Å². The number of hydrogen-bond donors (Lipinski definition) is 2. The highest BCUT2D eigenvalue weighted by Crippen LogP contribution is 2.16. The monoisotopic (exact) mass is 569 g/mol. The van der Waals surface area contributed by atoms with Crippen molar-refractivity contribution in [2.24, 2.45) is 5.73 Å². The number of primary amides is 1. The fraction of sp³-hybridized carbons (Fsp3) is 0.483. The number of benzene rings is 1. The van der Waals surface area contributed by atoms with Crippen molar-refractivity contribution >= 4 is 23.8 Å². The average molecular weight is 570 g/mol. The molecule has 0 aliphatic carbocycles. The summed E-state index contributed by atoms with van der Waals surface area (Å²) in [5, 5.41) is 8.92. The summed E-state index contributed by atoms with van der Waals surface area (Å²) in [7, 11) is 0. The Balaban J connectivity index is 2.13. The van der Waals surface area contributed by atoms with E-state index in [9.17, 15) is 19.2 Å². The van der Waals surface area contributed by atoms with Gasteiger partial charge < -0.3 is 29.8 Å². The summed E-state index contributed by atoms with van der Waals surface area (Å²) < 4.78 is 12.2. The van der Waals surface area contributed by atoms with Gasteiger partial charge in [0.05, 0.1) is 19.2 Å². The lowest BCUT2D eigenvalue weighted by Gasteiger charge is -2.24. The maximum absolute atomic E-state index is 13.1. The van der Waals surface area contributed by atoms with Crippen LogP contribution in [0.25, 0.3) is 0 Å². The van der Waals surface area contributed by atoms with E-state index in [1.807, 2.05) is 24.3 Å². The van der Waals surface area contributed by atoms with Crippen LogP contribution in [0, 0.1) is 12.3 Å². The topological polar surface area (TPSA) is 157 Å². The maximum atomic E-state index is 13.1. The van der Waals surface area contributed by atoms with Crippen molar-refractivity contribution in [2.45, 2.75) is 65.3 Å². The van der Waals surface area contributed by atoms with Crippen LogP contribution in [0.2, 0.25) is 0 Å². The number of carbonyl (C=O) groups is 4. The number of aliphatic carboxylic acids is 1. The van der Waals surface area contributed by atoms with Crippen LogP contribution in [-0.4, -0.2) is 80.6 Å². The van der Waals surface area contributed by atoms with Crippen molar-refractivity contribution in [3.8, 4) is 18.1 Å². The van der Waals surface area contributed by atoms with E-state index < -0.39 is 36.8 Å². The van der Waals surface area contributed by atoms with E-state index in [1.54, 1.807) is 30.8 Å². The molecule has 0 aliphatic rings. The first-order valence-electron chi connectivity index (χ1n) is 13.4. The Morgan fingerprint density at radius 1 is 1.10 bits per heavy atom. The van der Waals surface area contributed by atoms with E-state index in [0.29, 0.717) is 37.6 Å². The Labute approximate surface area is 240 Å². The van der Waals surface area contributed by atoms with Crippen molar-refractivity contribution in [3.05, 3.63) is 48.0 Å². The molecule has 222 valence electrons. The third-order valence-corrected chi connectivity index (χ3v) is 5.88. The van der Waals surface area contributed by atoms with Gasteiger partial charge in [-0.3, -0.25) is 24.1 Å². The van der Waals surface area contributed by atoms with Gasteiger partial charge in [-0.1, -0.05) is 24.5 Å². The molecule has 1 aromatic heterocycles. The highest BCUT2D eigenvalue weighted by atomic mass is 16.5. The number of hydrogen-bond acceptors (Lipinski definition) is 8. The van der Waals surface area contributed by atoms with E-state index in [0.717, 1.165) is 23.3 Å². The number of rotatable bonds is 19. The number of carboxylic acid groups (broad SMARTS) is 1. The maximum Gasteiger partial charge on any atom is 0.325 e. The number of nitrogens with zero attached hydrogens (tertiary/aromatic N) is 4. The zero-order chi connectivity index (χ0) is 30.2. The predicted octanol–water partition coefficient (Wildman–Crippen LogP) is 1.81. The molecule has 2 aromatic rings. The molecular formula is C29H39N5O7. The van der Waals surface area contributed by atoms with Crippen LogP contribution in [0.3, 0.4) is 0 Å². The molecule has 0 atom stereocenters. The van der Waals surface area contributed by atoms with Crippen LogP contribution in [0.4, 0.5) is 0 Å². The van der Waals surface area contributed by atoms with Gasteiger partial charge in [-0.2, -0.15) is 0 Å². The van der Waals surface area contributed by atoms with Gasteiger partial charge in [-0.25, -0.2) is 4.98 Å². The highest BCUT2D eigenvalue weighted by molar-refractivity contribution is 5.87. The number of nitrogens with two attached hydrogens (primary N) is 1. The van der Waals surface area contributed by atoms with E-state index in [4.69, 9.17) is 26.7 Å². The van der Waals surface area contributed by atoms with Crippen LogP contribution < -0.4 is 10.5 Å². The molecule has 0 fully saturated rings. The molecule has 3 N–H and O–H groups in total. The summed E-state index contributed by atoms with van der Waals surface area (Å²) >= 11 is 0. The number of ether oxygens (including phenoxy) is 2. The van der Waals surface area contributed by atoms with Gasteiger partial charge in [-0.15, -0.1) is 6.42 Å². The van der Waals surface area contributed by atoms with Crippen molar-refractivity contribution in [2.75, 3.05) is 26.2 Å². The smallest absolute Gasteiger partial charge is 0.325 e. The highest BCUT2D eigenvalue weighted by Gasteiger charge is 2.22. The number of aromatic nitrogens is 2. The first-order valence-corrected chi connectivity index (χ1v) is 13.4. The summed E-state index contributed by atoms with van der Waals surface area (Å²) in [6.45, 7) is 4.25. The normalized spacial score (nSPS) is 10.8. The molecule has 12 nitrogen and oxygen atoms in total. The van der Waals surface area contributed by atoms with Gasteiger partial charge in [0.2, 0.25) is 11.8 Å². The second-order valence-electron chi connectivity index (χ2n) is 9.78. The largest absolute Gasteiger partial charge is 0.481 e. The van der Waals surface area contributed by atoms with Crippen molar-refractivity contribution in [3.63, 3.8) is 0 Å². The van der Waals surface area contributed by atoms with Crippen LogP contribution in [0.5, 0.6) is 5.75 Å². The molecule has 1 aromatic carbocycles. The Morgan fingerprint density at radius 2 is 1.83 bits per heavy atom. The second kappa shape index (κ2) is 17.3. The third-order valence-electron chi connectivity index (χ3n) is 5.88. The Morgan fingerprint density at radius 3 is 2.46 bits per heavy atom. The van der Waals surface area contributed by atoms with Crippen molar-refractivity contribution in [1.82, 2.24) is 19.4 Å². The molecule has 1 heterocycles. The number of imidazole rings is 1. The standard InChI is InChI=1S/C29H39N5O7/c1-4-16-40-24-11-9-23(10-12-24)17-32(14-7-5-6-8-28(37)38)19-26-31-13-15-33(26)20-27(36)34(18-25(30)35)21-29(39)41-22(2)3/h1,9-13,15,22H,5-8,14,16-21H2,2-3H3,(H2,30,35)(H,37,38). The van der Waals surface area contributed by atoms with Crippen molar-refractivity contribution in [1.29, 1.82) is 0 Å². The number of esters is 1. The number of amides is 2. The summed E-state index contributed by atoms with van der Waals surface area (Å²) in [4.78, 5) is 55.3. The Hall–Kier alpha value is -4.37. The molecule has 12 heteroatoms. The quantitative estimate of drug-likeness (QED) is 0.146. The van der Waals surface area contributed by atoms with Gasteiger partial charge in [0.15, 0.2) is 0 Å². The van der Waals surface area contributed by atoms with Crippen LogP contribution in [0.1, 0.15) is 50.9 Å². The molecule has 0 saturated heterocycles. The van der Waals surface area contributed by atoms with Gasteiger partial charge in [0.25, 0.3) is 0 Å². The molecular weight excluding hydrogens is 530 g/mol. The number of carbonyl (C=O) groups excluding carboxylic acids is 3. The molecule has 2 amide bonds. The molecule has 0 aliphatic heterocycles. The Kier molecular flexibility index (Phi) is 13.9. The fourth-order valence-corrected chi connectivity index (χ4v) is 4.03. The Bertz CT molecular complexity index is 1190. The number of carboxylic acids is 1. The lowest BCUT2D eigenvalue weighted by molar-refractivity contribution is -0.153. The molecule has 41 heavy (non-hydrogen) atoms. The third kappa shape index (κ3) is 13.0. The average Bonchev–Trinajstić information content (AvgIpc) is 3.32. The molecule has 0 unspecified atom stereocenters. The van der Waals surface area contributed by atoms with Gasteiger partial charge >= 0.3 is 11.9 Å². The van der Waals surface area contributed by atoms with Crippen molar-refractivity contribution < 1.29 is 33.8 Å². The summed E-state index contributed by atoms with van der Waals surface area (Å²) in [5.74, 6) is 1.03. The lowest BCUT2D eigenvalue weighted by Crippen LogP contribution is -2.44. The van der Waals surface area contributed by atoms with E-state index in [1.165, 1.54) is 0 Å². The van der Waals surface area contributed by atoms with Gasteiger partial charge in [-0.05, 0) is 50.9 Å². The zero-order valence-corrected chi connectivity index (χ0v) is 23.7. The molecule has 0 bridgehead atoms. The minimum atomic E-state index is -0.816. The first kappa shape index (κ1) is 32.8. The van der Waals surface area contributed by atoms with Crippen LogP contribution in [-0.2, 0) is 43.5 Å². The summed E-state index contributed by atoms with van der Waals surface area (Å²) in [5.41, 5.74) is 6.33. The van der Waals surface area contributed by atoms with E-state index in [-0.39, 0.29) is 25.7 Å². The molecule has 0 saturated carbocycles. The van der Waals surface area contributed by atoms with Gasteiger partial charge in [0.1, 0.15) is 31.3 Å². The summed E-state index contributed by atoms with van der Waals surface area (Å²) in [6.07, 6.45) is 10.4. The summed E-state index contributed by atoms with van der Waals surface area (Å²) in [6, 6.07) is 7.57. The van der Waals surface area contributed by atoms with Crippen LogP contribution in [0.15, 0.2) is 36.7 Å². The first-order chi connectivity index (χ1) is 19.6. The number of terminal acetylenes is 1. The minimum Gasteiger partial charge on any atom is -0.481 e. The van der Waals surface area contributed by atoms with Gasteiger partial charge in [0, 0.05) is 25.4 Å². The molecule has 2 rings (SSSR count). The lowest BCUT2D eigenvalue weighted by atomic mass is 10.1. The zero-order valence-electron chi connectivity index (χ0n) is 23.7. The molecule has 0 spiro atoms.